The van der Waals surface area contributed by atoms with E-state index < -0.39 is 11.9 Å². The zero-order valence-corrected chi connectivity index (χ0v) is 12.0. The van der Waals surface area contributed by atoms with Crippen LogP contribution in [0.3, 0.4) is 0 Å². The van der Waals surface area contributed by atoms with Crippen LogP contribution in [0.1, 0.15) is 51.4 Å². The third kappa shape index (κ3) is 16.3. The number of rotatable bonds is 9. The van der Waals surface area contributed by atoms with E-state index in [0.717, 1.165) is 38.5 Å². The Labute approximate surface area is 103 Å². The summed E-state index contributed by atoms with van der Waals surface area (Å²) in [7, 11) is 0. The van der Waals surface area contributed by atoms with Crippen LogP contribution in [0.4, 0.5) is 0 Å². The average molecular weight is 268 g/mol. The first-order valence-corrected chi connectivity index (χ1v) is 5.06. The number of hydrogen-bond donors (Lipinski definition) is 2. The monoisotopic (exact) mass is 266 g/mol. The molecular formula is C10H18O4Zn. The predicted molar refractivity (Wildman–Crippen MR) is 52.2 cm³/mol. The Morgan fingerprint density at radius 2 is 0.933 bits per heavy atom. The van der Waals surface area contributed by atoms with Crippen molar-refractivity contribution in [3.8, 4) is 0 Å². The molecule has 0 aliphatic rings. The molecule has 0 unspecified atom stereocenters. The van der Waals surface area contributed by atoms with Crippen LogP contribution in [-0.2, 0) is 29.1 Å². The van der Waals surface area contributed by atoms with Gasteiger partial charge in [0.2, 0.25) is 0 Å². The van der Waals surface area contributed by atoms with E-state index in [9.17, 15) is 9.59 Å². The first-order chi connectivity index (χ1) is 6.63. The molecule has 0 heterocycles. The molecule has 15 heavy (non-hydrogen) atoms. The van der Waals surface area contributed by atoms with Gasteiger partial charge in [-0.1, -0.05) is 25.7 Å². The van der Waals surface area contributed by atoms with Crippen LogP contribution in [0.15, 0.2) is 0 Å². The molecule has 0 aromatic carbocycles. The minimum Gasteiger partial charge on any atom is -0.481 e. The Bertz CT molecular complexity index is 162. The fraction of sp³-hybridized carbons (Fsp3) is 0.800. The second-order valence-electron chi connectivity index (χ2n) is 3.41. The van der Waals surface area contributed by atoms with Crippen molar-refractivity contribution < 1.29 is 39.3 Å². The van der Waals surface area contributed by atoms with E-state index in [2.05, 4.69) is 0 Å². The van der Waals surface area contributed by atoms with Crippen molar-refractivity contribution in [2.45, 2.75) is 51.4 Å². The topological polar surface area (TPSA) is 74.6 Å². The first kappa shape index (κ1) is 17.0. The summed E-state index contributed by atoms with van der Waals surface area (Å²) in [6, 6.07) is 0. The zero-order valence-electron chi connectivity index (χ0n) is 9.07. The van der Waals surface area contributed by atoms with Crippen LogP contribution < -0.4 is 0 Å². The Hall–Kier alpha value is -0.437. The first-order valence-electron chi connectivity index (χ1n) is 5.06. The summed E-state index contributed by atoms with van der Waals surface area (Å²) in [5, 5.41) is 16.7. The van der Waals surface area contributed by atoms with Gasteiger partial charge in [-0.15, -0.1) is 0 Å². The van der Waals surface area contributed by atoms with E-state index in [-0.39, 0.29) is 32.3 Å². The smallest absolute Gasteiger partial charge is 0.303 e. The number of carboxylic acid groups (broad SMARTS) is 2. The van der Waals surface area contributed by atoms with Gasteiger partial charge in [0.05, 0.1) is 0 Å². The number of aliphatic carboxylic acids is 2. The summed E-state index contributed by atoms with van der Waals surface area (Å²) in [4.78, 5) is 20.3. The van der Waals surface area contributed by atoms with E-state index in [1.54, 1.807) is 0 Å². The Morgan fingerprint density at radius 1 is 0.667 bits per heavy atom. The van der Waals surface area contributed by atoms with Crippen LogP contribution in [0.2, 0.25) is 0 Å². The molecule has 0 aliphatic heterocycles. The molecule has 84 valence electrons. The van der Waals surface area contributed by atoms with Gasteiger partial charge < -0.3 is 10.2 Å². The molecule has 0 saturated heterocycles. The van der Waals surface area contributed by atoms with Crippen molar-refractivity contribution in [3.63, 3.8) is 0 Å². The largest absolute Gasteiger partial charge is 0.481 e. The summed E-state index contributed by atoms with van der Waals surface area (Å²) < 4.78 is 0. The second kappa shape index (κ2) is 11.6. The SMILES string of the molecule is O=C(O)CCCCCCCCC(=O)O.[Zn]. The molecule has 0 atom stereocenters. The maximum atomic E-state index is 10.1. The van der Waals surface area contributed by atoms with Gasteiger partial charge >= 0.3 is 11.9 Å². The molecule has 5 heteroatoms. The van der Waals surface area contributed by atoms with E-state index in [1.165, 1.54) is 0 Å². The average Bonchev–Trinajstić information content (AvgIpc) is 2.08. The third-order valence-corrected chi connectivity index (χ3v) is 2.03. The van der Waals surface area contributed by atoms with Gasteiger partial charge in [-0.05, 0) is 12.8 Å². The Kier molecular flexibility index (Phi) is 13.2. The summed E-state index contributed by atoms with van der Waals surface area (Å²) in [5.74, 6) is -1.48. The maximum Gasteiger partial charge on any atom is 0.303 e. The molecule has 0 aromatic heterocycles. The molecule has 0 fully saturated rings. The Morgan fingerprint density at radius 3 is 1.20 bits per heavy atom. The van der Waals surface area contributed by atoms with Crippen LogP contribution in [0.25, 0.3) is 0 Å². The summed E-state index contributed by atoms with van der Waals surface area (Å²) in [6.07, 6.45) is 5.82. The van der Waals surface area contributed by atoms with E-state index >= 15 is 0 Å². The fourth-order valence-electron chi connectivity index (χ4n) is 1.26. The molecule has 0 radical (unpaired) electrons. The van der Waals surface area contributed by atoms with Gasteiger partial charge in [-0.25, -0.2) is 0 Å². The normalized spacial score (nSPS) is 9.33. The standard InChI is InChI=1S/C10H18O4.Zn/c11-9(12)7-5-3-1-2-4-6-8-10(13)14;/h1-8H2,(H,11,12)(H,13,14);. The molecule has 0 spiro atoms. The molecule has 4 nitrogen and oxygen atoms in total. The molecule has 0 aromatic rings. The summed E-state index contributed by atoms with van der Waals surface area (Å²) >= 11 is 0. The van der Waals surface area contributed by atoms with E-state index in [1.807, 2.05) is 0 Å². The van der Waals surface area contributed by atoms with Crippen LogP contribution in [-0.4, -0.2) is 22.2 Å². The second-order valence-corrected chi connectivity index (χ2v) is 3.41. The molecular weight excluding hydrogens is 249 g/mol. The predicted octanol–water partition coefficient (Wildman–Crippen LogP) is 2.27. The van der Waals surface area contributed by atoms with Crippen molar-refractivity contribution >= 4 is 11.9 Å². The molecule has 0 rings (SSSR count). The van der Waals surface area contributed by atoms with E-state index in [0.29, 0.717) is 0 Å². The molecule has 0 bridgehead atoms. The van der Waals surface area contributed by atoms with Gasteiger partial charge in [0.1, 0.15) is 0 Å². The van der Waals surface area contributed by atoms with Crippen LogP contribution >= 0.6 is 0 Å². The minimum absolute atomic E-state index is 0. The van der Waals surface area contributed by atoms with Gasteiger partial charge in [-0.3, -0.25) is 9.59 Å². The number of unbranched alkanes of at least 4 members (excludes halogenated alkanes) is 5. The van der Waals surface area contributed by atoms with Gasteiger partial charge in [0.15, 0.2) is 0 Å². The van der Waals surface area contributed by atoms with Crippen molar-refractivity contribution in [2.75, 3.05) is 0 Å². The summed E-state index contributed by atoms with van der Waals surface area (Å²) in [6.45, 7) is 0. The van der Waals surface area contributed by atoms with Crippen molar-refractivity contribution in [1.82, 2.24) is 0 Å². The number of carboxylic acids is 2. The van der Waals surface area contributed by atoms with Crippen LogP contribution in [0.5, 0.6) is 0 Å². The summed E-state index contributed by atoms with van der Waals surface area (Å²) in [5.41, 5.74) is 0. The zero-order chi connectivity index (χ0) is 10.8. The molecule has 2 N–H and O–H groups in total. The van der Waals surface area contributed by atoms with E-state index in [4.69, 9.17) is 10.2 Å². The minimum atomic E-state index is -0.740. The molecule has 0 aliphatic carbocycles. The Balaban J connectivity index is 0. The van der Waals surface area contributed by atoms with Gasteiger partial charge in [0.25, 0.3) is 0 Å². The maximum absolute atomic E-state index is 10.1. The number of hydrogen-bond acceptors (Lipinski definition) is 2. The fourth-order valence-corrected chi connectivity index (χ4v) is 1.26. The molecule has 0 amide bonds. The molecule has 0 saturated carbocycles. The van der Waals surface area contributed by atoms with Crippen molar-refractivity contribution in [1.29, 1.82) is 0 Å². The van der Waals surface area contributed by atoms with Crippen molar-refractivity contribution in [3.05, 3.63) is 0 Å². The number of carbonyl (C=O) groups is 2. The van der Waals surface area contributed by atoms with Crippen LogP contribution in [0, 0.1) is 0 Å². The van der Waals surface area contributed by atoms with Gasteiger partial charge in [0, 0.05) is 32.3 Å². The van der Waals surface area contributed by atoms with Gasteiger partial charge in [-0.2, -0.15) is 0 Å². The van der Waals surface area contributed by atoms with Crippen molar-refractivity contribution in [2.24, 2.45) is 0 Å². The third-order valence-electron chi connectivity index (χ3n) is 2.03. The quantitative estimate of drug-likeness (QED) is 0.496.